The summed E-state index contributed by atoms with van der Waals surface area (Å²) in [5.41, 5.74) is 0. The fourth-order valence-corrected chi connectivity index (χ4v) is 3.83. The van der Waals surface area contributed by atoms with E-state index in [1.807, 2.05) is 43.3 Å². The van der Waals surface area contributed by atoms with E-state index in [0.29, 0.717) is 19.0 Å². The molecule has 7 heteroatoms. The Kier molecular flexibility index (Phi) is 11.3. The molecule has 0 saturated carbocycles. The molecule has 0 saturated heterocycles. The Bertz CT molecular complexity index is 746. The van der Waals surface area contributed by atoms with Gasteiger partial charge in [-0.1, -0.05) is 80.1 Å². The number of hydrogen-bond donors (Lipinski definition) is 0. The molecule has 0 aromatic heterocycles. The molecule has 0 spiro atoms. The van der Waals surface area contributed by atoms with Crippen LogP contribution in [0, 0.1) is 0 Å². The van der Waals surface area contributed by atoms with Crippen molar-refractivity contribution < 1.29 is 27.9 Å². The number of rotatable bonds is 16. The monoisotopic (exact) mass is 424 g/mol. The molecule has 0 amide bonds. The van der Waals surface area contributed by atoms with Crippen LogP contribution >= 0.6 is 7.82 Å². The topological polar surface area (TPSA) is 63.2 Å². The number of unbranched alkanes of at least 4 members (excludes halogenated alkanes) is 5. The number of benzene rings is 2. The number of phosphoric ester groups is 1. The number of hydrogen-bond acceptors (Lipinski definition) is 6. The molecular weight excluding hydrogens is 391 g/mol. The van der Waals surface area contributed by atoms with E-state index in [2.05, 4.69) is 6.92 Å². The second-order valence-corrected chi connectivity index (χ2v) is 8.27. The van der Waals surface area contributed by atoms with E-state index in [9.17, 15) is 4.57 Å². The van der Waals surface area contributed by atoms with Gasteiger partial charge in [0.05, 0.1) is 19.8 Å². The van der Waals surface area contributed by atoms with Gasteiger partial charge in [-0.2, -0.15) is 0 Å². The first-order valence-electron chi connectivity index (χ1n) is 10.5. The van der Waals surface area contributed by atoms with Gasteiger partial charge in [-0.25, -0.2) is 4.57 Å². The lowest BCUT2D eigenvalue weighted by Gasteiger charge is -2.17. The third-order valence-electron chi connectivity index (χ3n) is 4.40. The van der Waals surface area contributed by atoms with Gasteiger partial charge in [0, 0.05) is 12.0 Å². The van der Waals surface area contributed by atoms with Crippen molar-refractivity contribution in [2.75, 3.05) is 26.4 Å². The SMILES string of the molecule is CCCCCCCCOP(=O)(OCCOCC)OOc1cccc2ccccc12. The van der Waals surface area contributed by atoms with E-state index in [1.54, 1.807) is 6.07 Å². The van der Waals surface area contributed by atoms with Gasteiger partial charge < -0.3 is 9.62 Å². The molecule has 1 unspecified atom stereocenters. The van der Waals surface area contributed by atoms with Crippen LogP contribution in [0.4, 0.5) is 0 Å². The summed E-state index contributed by atoms with van der Waals surface area (Å²) in [6.07, 6.45) is 6.60. The number of phosphoric acid groups is 1. The van der Waals surface area contributed by atoms with Crippen molar-refractivity contribution in [3.63, 3.8) is 0 Å². The maximum atomic E-state index is 13.0. The first kappa shape index (κ1) is 23.8. The summed E-state index contributed by atoms with van der Waals surface area (Å²) in [4.78, 5) is 5.40. The molecule has 1 atom stereocenters. The fraction of sp³-hybridized carbons (Fsp3) is 0.545. The van der Waals surface area contributed by atoms with Crippen molar-refractivity contribution in [3.8, 4) is 5.75 Å². The summed E-state index contributed by atoms with van der Waals surface area (Å²) in [6, 6.07) is 13.3. The third kappa shape index (κ3) is 8.85. The second-order valence-electron chi connectivity index (χ2n) is 6.71. The largest absolute Gasteiger partial charge is 0.511 e. The molecule has 0 aliphatic rings. The Labute approximate surface area is 174 Å². The highest BCUT2D eigenvalue weighted by atomic mass is 31.2. The Balaban J connectivity index is 1.90. The van der Waals surface area contributed by atoms with Crippen LogP contribution in [0.15, 0.2) is 42.5 Å². The van der Waals surface area contributed by atoms with Crippen molar-refractivity contribution >= 4 is 18.6 Å². The van der Waals surface area contributed by atoms with Crippen LogP contribution in [-0.2, 0) is 23.0 Å². The molecule has 0 N–H and O–H groups in total. The van der Waals surface area contributed by atoms with Crippen LogP contribution in [0.2, 0.25) is 0 Å². The zero-order valence-corrected chi connectivity index (χ0v) is 18.4. The average Bonchev–Trinajstić information content (AvgIpc) is 2.75. The van der Waals surface area contributed by atoms with E-state index >= 15 is 0 Å². The summed E-state index contributed by atoms with van der Waals surface area (Å²) < 4.78 is 34.3. The second kappa shape index (κ2) is 13.7. The molecule has 0 radical (unpaired) electrons. The van der Waals surface area contributed by atoms with Crippen LogP contribution in [0.25, 0.3) is 10.8 Å². The molecule has 6 nitrogen and oxygen atoms in total. The summed E-state index contributed by atoms with van der Waals surface area (Å²) in [7, 11) is -3.87. The van der Waals surface area contributed by atoms with Crippen LogP contribution in [0.5, 0.6) is 5.75 Å². The maximum Gasteiger partial charge on any atom is 0.511 e. The minimum absolute atomic E-state index is 0.0977. The van der Waals surface area contributed by atoms with Gasteiger partial charge in [0.1, 0.15) is 0 Å². The molecule has 0 fully saturated rings. The predicted molar refractivity (Wildman–Crippen MR) is 115 cm³/mol. The Morgan fingerprint density at radius 2 is 1.52 bits per heavy atom. The lowest BCUT2D eigenvalue weighted by Crippen LogP contribution is -2.08. The van der Waals surface area contributed by atoms with Gasteiger partial charge in [-0.05, 0) is 24.8 Å². The summed E-state index contributed by atoms with van der Waals surface area (Å²) in [6.45, 7) is 5.32. The summed E-state index contributed by atoms with van der Waals surface area (Å²) >= 11 is 0. The first-order valence-corrected chi connectivity index (χ1v) is 12.0. The molecular formula is C22H33O6P. The van der Waals surface area contributed by atoms with Crippen LogP contribution in [-0.4, -0.2) is 26.4 Å². The molecule has 2 aromatic rings. The fourth-order valence-electron chi connectivity index (χ4n) is 2.85. The third-order valence-corrected chi connectivity index (χ3v) is 5.65. The van der Waals surface area contributed by atoms with Crippen LogP contribution in [0.1, 0.15) is 52.4 Å². The van der Waals surface area contributed by atoms with Crippen molar-refractivity contribution in [3.05, 3.63) is 42.5 Å². The highest BCUT2D eigenvalue weighted by Crippen LogP contribution is 2.50. The van der Waals surface area contributed by atoms with Crippen molar-refractivity contribution in [1.82, 2.24) is 0 Å². The minimum atomic E-state index is -3.87. The molecule has 162 valence electrons. The van der Waals surface area contributed by atoms with Gasteiger partial charge in [0.2, 0.25) is 0 Å². The number of fused-ring (bicyclic) bond motifs is 1. The zero-order chi connectivity index (χ0) is 20.8. The lowest BCUT2D eigenvalue weighted by atomic mass is 10.1. The highest BCUT2D eigenvalue weighted by molar-refractivity contribution is 7.48. The van der Waals surface area contributed by atoms with E-state index < -0.39 is 7.82 Å². The summed E-state index contributed by atoms with van der Waals surface area (Å²) in [5.74, 6) is 0.458. The normalized spacial score (nSPS) is 13.4. The van der Waals surface area contributed by atoms with Gasteiger partial charge in [0.15, 0.2) is 5.75 Å². The van der Waals surface area contributed by atoms with Gasteiger partial charge >= 0.3 is 7.82 Å². The lowest BCUT2D eigenvalue weighted by molar-refractivity contribution is -0.132. The van der Waals surface area contributed by atoms with E-state index in [1.165, 1.54) is 19.3 Å². The van der Waals surface area contributed by atoms with Crippen molar-refractivity contribution in [1.29, 1.82) is 0 Å². The molecule has 2 rings (SSSR count). The Hall–Kier alpha value is -1.43. The standard InChI is InChI=1S/C22H33O6P/c1-3-5-6-7-8-11-17-25-29(23,26-19-18-24-4-2)28-27-22-16-12-14-20-13-9-10-15-21(20)22/h9-10,12-16H,3-8,11,17-19H2,1-2H3. The molecule has 2 aromatic carbocycles. The molecule has 0 heterocycles. The summed E-state index contributed by atoms with van der Waals surface area (Å²) in [5, 5.41) is 1.85. The van der Waals surface area contributed by atoms with Crippen LogP contribution in [0.3, 0.4) is 0 Å². The van der Waals surface area contributed by atoms with Crippen molar-refractivity contribution in [2.45, 2.75) is 52.4 Å². The van der Waals surface area contributed by atoms with E-state index in [0.717, 1.165) is 30.0 Å². The first-order chi connectivity index (χ1) is 14.2. The van der Waals surface area contributed by atoms with Gasteiger partial charge in [-0.3, -0.25) is 9.05 Å². The zero-order valence-electron chi connectivity index (χ0n) is 17.5. The predicted octanol–water partition coefficient (Wildman–Crippen LogP) is 6.69. The van der Waals surface area contributed by atoms with Gasteiger partial charge in [-0.15, -0.1) is 0 Å². The smallest absolute Gasteiger partial charge is 0.379 e. The minimum Gasteiger partial charge on any atom is -0.379 e. The molecule has 29 heavy (non-hydrogen) atoms. The highest BCUT2D eigenvalue weighted by Gasteiger charge is 2.29. The maximum absolute atomic E-state index is 13.0. The Morgan fingerprint density at radius 3 is 2.34 bits per heavy atom. The molecule has 0 aliphatic carbocycles. The molecule has 0 bridgehead atoms. The van der Waals surface area contributed by atoms with Gasteiger partial charge in [0.25, 0.3) is 0 Å². The quantitative estimate of drug-likeness (QED) is 0.129. The molecule has 0 aliphatic heterocycles. The van der Waals surface area contributed by atoms with E-state index in [-0.39, 0.29) is 13.2 Å². The van der Waals surface area contributed by atoms with Crippen LogP contribution < -0.4 is 4.89 Å². The van der Waals surface area contributed by atoms with E-state index in [4.69, 9.17) is 23.3 Å². The average molecular weight is 424 g/mol. The van der Waals surface area contributed by atoms with Crippen molar-refractivity contribution in [2.24, 2.45) is 0 Å². The number of ether oxygens (including phenoxy) is 1. The Morgan fingerprint density at radius 1 is 0.793 bits per heavy atom.